The first-order chi connectivity index (χ1) is 20.3. The van der Waals surface area contributed by atoms with Gasteiger partial charge in [0.2, 0.25) is 5.78 Å². The molecule has 43 heavy (non-hydrogen) atoms. The third-order valence-corrected chi connectivity index (χ3v) is 9.04. The zero-order valence-electron chi connectivity index (χ0n) is 22.5. The van der Waals surface area contributed by atoms with Crippen molar-refractivity contribution in [3.05, 3.63) is 41.9 Å². The smallest absolute Gasteiger partial charge is 0.383 e. The zero-order valence-corrected chi connectivity index (χ0v) is 25.2. The molecule has 0 aliphatic carbocycles. The highest BCUT2D eigenvalue weighted by molar-refractivity contribution is 8.44. The second kappa shape index (κ2) is 11.3. The van der Waals surface area contributed by atoms with E-state index in [0.29, 0.717) is 17.6 Å². The summed E-state index contributed by atoms with van der Waals surface area (Å²) in [5.41, 5.74) is 6.09. The van der Waals surface area contributed by atoms with Gasteiger partial charge in [0.1, 0.15) is 42.7 Å². The Morgan fingerprint density at radius 2 is 1.88 bits per heavy atom. The fourth-order valence-corrected chi connectivity index (χ4v) is 6.88. The molecule has 232 valence electrons. The van der Waals surface area contributed by atoms with Crippen molar-refractivity contribution in [3.8, 4) is 0 Å². The molecule has 22 heteroatoms. The molecule has 6 rings (SSSR count). The van der Waals surface area contributed by atoms with Gasteiger partial charge < -0.3 is 25.2 Å². The Balaban J connectivity index is 1.22. The number of aliphatic hydroxyl groups excluding tert-OH is 1. The molecule has 5 unspecified atom stereocenters. The lowest BCUT2D eigenvalue weighted by molar-refractivity contribution is -0.110. The van der Waals surface area contributed by atoms with Gasteiger partial charge in [-0.25, -0.2) is 38.7 Å². The maximum atomic E-state index is 13.7. The van der Waals surface area contributed by atoms with Crippen LogP contribution in [0.1, 0.15) is 25.8 Å². The second-order valence-corrected chi connectivity index (χ2v) is 14.8. The van der Waals surface area contributed by atoms with Crippen molar-refractivity contribution in [2.75, 3.05) is 19.0 Å². The van der Waals surface area contributed by atoms with Crippen molar-refractivity contribution in [3.63, 3.8) is 0 Å². The molecule has 2 aliphatic heterocycles. The van der Waals surface area contributed by atoms with Gasteiger partial charge in [-0.15, -0.1) is 0 Å². The fourth-order valence-electron chi connectivity index (χ4n) is 5.06. The van der Waals surface area contributed by atoms with E-state index in [-0.39, 0.29) is 17.5 Å². The number of anilines is 1. The van der Waals surface area contributed by atoms with Crippen molar-refractivity contribution in [2.24, 2.45) is 5.92 Å². The zero-order chi connectivity index (χ0) is 30.7. The number of hydrogen-bond donors (Lipinski definition) is 4. The summed E-state index contributed by atoms with van der Waals surface area (Å²) in [5.74, 6) is 0.178. The van der Waals surface area contributed by atoms with Crippen LogP contribution in [-0.4, -0.2) is 86.3 Å². The summed E-state index contributed by atoms with van der Waals surface area (Å²) in [4.78, 5) is 43.1. The predicted octanol–water partition coefficient (Wildman–Crippen LogP) is 0.724. The number of nitrogens with two attached hydrogens (primary N) is 1. The first-order valence-electron chi connectivity index (χ1n) is 12.8. The Kier molecular flexibility index (Phi) is 7.95. The lowest BCUT2D eigenvalue weighted by Gasteiger charge is -2.26. The number of imidazole rings is 2. The molecule has 19 nitrogen and oxygen atoms in total. The van der Waals surface area contributed by atoms with Gasteiger partial charge in [0.25, 0.3) is 0 Å². The number of aromatic nitrogens is 8. The molecule has 0 saturated carbocycles. The lowest BCUT2D eigenvalue weighted by atomic mass is 10.1. The fraction of sp³-hybridized carbons (Fsp3) is 0.524. The molecule has 0 aromatic carbocycles. The normalized spacial score (nSPS) is 30.6. The molecule has 9 atom stereocenters. The van der Waals surface area contributed by atoms with Crippen LogP contribution in [0.25, 0.3) is 16.9 Å². The van der Waals surface area contributed by atoms with Gasteiger partial charge in [0.15, 0.2) is 24.0 Å². The number of hydrogen-bond acceptors (Lipinski definition) is 15. The molecule has 4 N–H and O–H groups in total. The van der Waals surface area contributed by atoms with Crippen LogP contribution in [0.15, 0.2) is 36.2 Å². The van der Waals surface area contributed by atoms with Crippen LogP contribution in [0.2, 0.25) is 0 Å². The minimum atomic E-state index is -4.25. The summed E-state index contributed by atoms with van der Waals surface area (Å²) >= 11 is 3.46. The van der Waals surface area contributed by atoms with Gasteiger partial charge in [-0.1, -0.05) is 19.2 Å². The van der Waals surface area contributed by atoms with E-state index in [1.807, 2.05) is 6.92 Å². The minimum absolute atomic E-state index is 0.111. The van der Waals surface area contributed by atoms with Crippen molar-refractivity contribution >= 4 is 49.4 Å². The molecular formula is C21H27N9O10P2S. The summed E-state index contributed by atoms with van der Waals surface area (Å²) in [7, 11) is -4.05. The molecular weight excluding hydrogens is 632 g/mol. The van der Waals surface area contributed by atoms with E-state index in [1.54, 1.807) is 4.57 Å². The van der Waals surface area contributed by atoms with E-state index in [4.69, 9.17) is 28.8 Å². The van der Waals surface area contributed by atoms with Crippen LogP contribution >= 0.6 is 26.6 Å². The Bertz CT molecular complexity index is 1810. The molecule has 6 heterocycles. The summed E-state index contributed by atoms with van der Waals surface area (Å²) < 4.78 is 57.3. The average Bonchev–Trinajstić information content (AvgIpc) is 3.70. The topological polar surface area (TPSA) is 243 Å². The quantitative estimate of drug-likeness (QED) is 0.143. The highest BCUT2D eigenvalue weighted by atomic mass is 32.7. The Labute approximate surface area is 247 Å². The monoisotopic (exact) mass is 659 g/mol. The SMILES string of the molecule is CC1C[C@@H](OP(C)(=O)OC2C(n3cnc4nccn4c3=O)O[C@H](COP(=O)(O)S)[C@H]2O)O[C@H]1n1cnc2c(N)ncnc21. The van der Waals surface area contributed by atoms with Gasteiger partial charge in [-0.2, -0.15) is 0 Å². The molecule has 2 saturated heterocycles. The van der Waals surface area contributed by atoms with Crippen molar-refractivity contribution in [2.45, 2.75) is 50.4 Å². The van der Waals surface area contributed by atoms with Gasteiger partial charge in [0, 0.05) is 31.4 Å². The number of nitrogen functional groups attached to an aromatic ring is 1. The molecule has 4 aromatic heterocycles. The first-order valence-corrected chi connectivity index (χ1v) is 17.5. The summed E-state index contributed by atoms with van der Waals surface area (Å²) in [6.45, 7) is -1.77. The summed E-state index contributed by atoms with van der Waals surface area (Å²) in [6.07, 6.45) is -0.358. The van der Waals surface area contributed by atoms with Gasteiger partial charge >= 0.3 is 20.1 Å². The first kappa shape index (κ1) is 30.3. The third-order valence-electron chi connectivity index (χ3n) is 6.97. The highest BCUT2D eigenvalue weighted by Gasteiger charge is 2.50. The molecule has 4 aromatic rings. The van der Waals surface area contributed by atoms with E-state index >= 15 is 0 Å². The molecule has 0 amide bonds. The maximum Gasteiger partial charge on any atom is 0.383 e. The van der Waals surface area contributed by atoms with Gasteiger partial charge in [0.05, 0.1) is 12.9 Å². The Morgan fingerprint density at radius 3 is 2.65 bits per heavy atom. The summed E-state index contributed by atoms with van der Waals surface area (Å²) in [6, 6.07) is 0. The van der Waals surface area contributed by atoms with Crippen molar-refractivity contribution in [1.82, 2.24) is 38.5 Å². The van der Waals surface area contributed by atoms with E-state index in [0.717, 1.165) is 15.3 Å². The third kappa shape index (κ3) is 6.00. The lowest BCUT2D eigenvalue weighted by Crippen LogP contribution is -2.38. The maximum absolute atomic E-state index is 13.7. The highest BCUT2D eigenvalue weighted by Crippen LogP contribution is 2.53. The van der Waals surface area contributed by atoms with Crippen molar-refractivity contribution < 1.29 is 42.2 Å². The predicted molar refractivity (Wildman–Crippen MR) is 149 cm³/mol. The minimum Gasteiger partial charge on any atom is -0.387 e. The Hall–Kier alpha value is -2.77. The van der Waals surface area contributed by atoms with Gasteiger partial charge in [-0.05, 0) is 0 Å². The van der Waals surface area contributed by atoms with Crippen molar-refractivity contribution in [1.29, 1.82) is 0 Å². The van der Waals surface area contributed by atoms with E-state index in [2.05, 4.69) is 37.2 Å². The van der Waals surface area contributed by atoms with E-state index in [1.165, 1.54) is 31.7 Å². The molecule has 2 aliphatic rings. The van der Waals surface area contributed by atoms with Crippen LogP contribution in [0.5, 0.6) is 0 Å². The largest absolute Gasteiger partial charge is 0.387 e. The van der Waals surface area contributed by atoms with Gasteiger partial charge in [-0.3, -0.25) is 27.3 Å². The number of nitrogens with zero attached hydrogens (tertiary/aromatic N) is 8. The molecule has 0 spiro atoms. The number of thiol groups is 1. The van der Waals surface area contributed by atoms with E-state index in [9.17, 15) is 23.9 Å². The second-order valence-electron chi connectivity index (χ2n) is 10.1. The van der Waals surface area contributed by atoms with Crippen LogP contribution in [-0.2, 0) is 32.2 Å². The van der Waals surface area contributed by atoms with Crippen LogP contribution in [0.3, 0.4) is 0 Å². The Morgan fingerprint density at radius 1 is 1.12 bits per heavy atom. The number of ether oxygens (including phenoxy) is 2. The molecule has 0 radical (unpaired) electrons. The number of rotatable bonds is 9. The summed E-state index contributed by atoms with van der Waals surface area (Å²) in [5, 5.41) is 11.1. The molecule has 2 fully saturated rings. The van der Waals surface area contributed by atoms with Crippen LogP contribution < -0.4 is 11.4 Å². The number of fused-ring (bicyclic) bond motifs is 2. The van der Waals surface area contributed by atoms with Crippen LogP contribution in [0.4, 0.5) is 5.82 Å². The van der Waals surface area contributed by atoms with Crippen LogP contribution in [0, 0.1) is 5.92 Å². The standard InChI is InChI=1S/C21H27N9O10P2S/c1-10-5-12(38-18(10)29-8-26-13-16(22)24-7-25-17(13)29)39-41(2,33)40-15-14(31)11(6-36-42(34,35)43)37-19(15)30-9-27-20-23-3-4-28(20)21(30)32/h3-4,7-12,14-15,18-19,31H,5-6H2,1-2H3,(H2,22,24,25)(H2,34,35,43)/t10?,11-,12-,14-,15?,18-,19?,41?/m1/s1. The van der Waals surface area contributed by atoms with E-state index < -0.39 is 63.7 Å². The number of aliphatic hydroxyl groups is 1. The average molecular weight is 660 g/mol. The molecule has 0 bridgehead atoms.